The highest BCUT2D eigenvalue weighted by Gasteiger charge is 2.15. The maximum Gasteiger partial charge on any atom is 0.130 e. The van der Waals surface area contributed by atoms with Crippen molar-refractivity contribution >= 4 is 0 Å². The third-order valence-electron chi connectivity index (χ3n) is 2.33. The van der Waals surface area contributed by atoms with Crippen molar-refractivity contribution in [2.24, 2.45) is 5.73 Å². The van der Waals surface area contributed by atoms with Crippen molar-refractivity contribution < 1.29 is 9.13 Å². The number of benzene rings is 1. The van der Waals surface area contributed by atoms with Crippen LogP contribution in [0, 0.1) is 5.82 Å². The molecule has 0 radical (unpaired) electrons. The minimum Gasteiger partial charge on any atom is -0.496 e. The summed E-state index contributed by atoms with van der Waals surface area (Å²) in [6, 6.07) is 4.86. The molecule has 0 fully saturated rings. The Morgan fingerprint density at radius 2 is 2.21 bits per heavy atom. The lowest BCUT2D eigenvalue weighted by molar-refractivity contribution is 0.399. The van der Waals surface area contributed by atoms with E-state index in [1.165, 1.54) is 6.07 Å². The molecule has 0 saturated carbocycles. The van der Waals surface area contributed by atoms with Gasteiger partial charge in [0.15, 0.2) is 0 Å². The molecule has 0 spiro atoms. The fourth-order valence-corrected chi connectivity index (χ4v) is 1.57. The Morgan fingerprint density at radius 1 is 1.50 bits per heavy atom. The SMILES string of the molecule is COc1cccc(F)c1C(C)CCN. The van der Waals surface area contributed by atoms with Gasteiger partial charge in [-0.2, -0.15) is 0 Å². The predicted molar refractivity (Wildman–Crippen MR) is 55.0 cm³/mol. The van der Waals surface area contributed by atoms with Crippen LogP contribution >= 0.6 is 0 Å². The Kier molecular flexibility index (Phi) is 3.89. The Hall–Kier alpha value is -1.09. The molecule has 14 heavy (non-hydrogen) atoms. The van der Waals surface area contributed by atoms with Crippen LogP contribution in [0.1, 0.15) is 24.8 Å². The summed E-state index contributed by atoms with van der Waals surface area (Å²) in [5, 5.41) is 0. The summed E-state index contributed by atoms with van der Waals surface area (Å²) in [6.45, 7) is 2.51. The maximum absolute atomic E-state index is 13.5. The smallest absolute Gasteiger partial charge is 0.130 e. The van der Waals surface area contributed by atoms with Crippen LogP contribution in [-0.4, -0.2) is 13.7 Å². The summed E-state index contributed by atoms with van der Waals surface area (Å²) < 4.78 is 18.6. The highest BCUT2D eigenvalue weighted by atomic mass is 19.1. The van der Waals surface area contributed by atoms with Crippen LogP contribution in [0.2, 0.25) is 0 Å². The van der Waals surface area contributed by atoms with E-state index in [0.717, 1.165) is 6.42 Å². The number of hydrogen-bond donors (Lipinski definition) is 1. The van der Waals surface area contributed by atoms with E-state index in [9.17, 15) is 4.39 Å². The van der Waals surface area contributed by atoms with Crippen LogP contribution in [0.4, 0.5) is 4.39 Å². The molecule has 1 aromatic rings. The first kappa shape index (κ1) is 11.0. The summed E-state index contributed by atoms with van der Waals surface area (Å²) in [5.41, 5.74) is 6.07. The van der Waals surface area contributed by atoms with Crippen LogP contribution in [0.3, 0.4) is 0 Å². The first-order valence-electron chi connectivity index (χ1n) is 4.73. The van der Waals surface area contributed by atoms with Crippen molar-refractivity contribution in [3.8, 4) is 5.75 Å². The largest absolute Gasteiger partial charge is 0.496 e. The van der Waals surface area contributed by atoms with Crippen molar-refractivity contribution in [2.45, 2.75) is 19.3 Å². The van der Waals surface area contributed by atoms with Gasteiger partial charge in [0.1, 0.15) is 11.6 Å². The van der Waals surface area contributed by atoms with Crippen molar-refractivity contribution in [3.63, 3.8) is 0 Å². The van der Waals surface area contributed by atoms with Gasteiger partial charge in [-0.05, 0) is 31.0 Å². The topological polar surface area (TPSA) is 35.2 Å². The van der Waals surface area contributed by atoms with E-state index >= 15 is 0 Å². The van der Waals surface area contributed by atoms with Crippen LogP contribution < -0.4 is 10.5 Å². The average Bonchev–Trinajstić information content (AvgIpc) is 2.17. The second-order valence-corrected chi connectivity index (χ2v) is 3.33. The molecule has 1 unspecified atom stereocenters. The zero-order chi connectivity index (χ0) is 10.6. The van der Waals surface area contributed by atoms with E-state index in [-0.39, 0.29) is 11.7 Å². The molecule has 1 aromatic carbocycles. The van der Waals surface area contributed by atoms with Gasteiger partial charge in [0.05, 0.1) is 7.11 Å². The van der Waals surface area contributed by atoms with Crippen LogP contribution in [0.5, 0.6) is 5.75 Å². The van der Waals surface area contributed by atoms with E-state index in [1.807, 2.05) is 6.92 Å². The summed E-state index contributed by atoms with van der Waals surface area (Å²) in [6.07, 6.45) is 0.761. The minimum absolute atomic E-state index is 0.0937. The molecule has 0 aromatic heterocycles. The molecular formula is C11H16FNO. The number of methoxy groups -OCH3 is 1. The molecule has 78 valence electrons. The van der Waals surface area contributed by atoms with Gasteiger partial charge in [0.25, 0.3) is 0 Å². The van der Waals surface area contributed by atoms with Crippen molar-refractivity contribution in [2.75, 3.05) is 13.7 Å². The molecule has 0 aliphatic heterocycles. The molecule has 1 atom stereocenters. The molecule has 0 saturated heterocycles. The van der Waals surface area contributed by atoms with E-state index in [1.54, 1.807) is 19.2 Å². The fourth-order valence-electron chi connectivity index (χ4n) is 1.57. The van der Waals surface area contributed by atoms with Gasteiger partial charge >= 0.3 is 0 Å². The summed E-state index contributed by atoms with van der Waals surface area (Å²) in [5.74, 6) is 0.479. The second kappa shape index (κ2) is 4.96. The quantitative estimate of drug-likeness (QED) is 0.803. The summed E-state index contributed by atoms with van der Waals surface area (Å²) >= 11 is 0. The molecule has 2 nitrogen and oxygen atoms in total. The van der Waals surface area contributed by atoms with Gasteiger partial charge < -0.3 is 10.5 Å². The molecule has 0 aliphatic rings. The molecular weight excluding hydrogens is 181 g/mol. The third-order valence-corrected chi connectivity index (χ3v) is 2.33. The van der Waals surface area contributed by atoms with Gasteiger partial charge in [-0.3, -0.25) is 0 Å². The first-order chi connectivity index (χ1) is 6.70. The number of ether oxygens (including phenoxy) is 1. The summed E-state index contributed by atoms with van der Waals surface area (Å²) in [4.78, 5) is 0. The highest BCUT2D eigenvalue weighted by molar-refractivity contribution is 5.37. The Balaban J connectivity index is 3.03. The highest BCUT2D eigenvalue weighted by Crippen LogP contribution is 2.30. The monoisotopic (exact) mass is 197 g/mol. The standard InChI is InChI=1S/C11H16FNO/c1-8(6-7-13)11-9(12)4-3-5-10(11)14-2/h3-5,8H,6-7,13H2,1-2H3. The zero-order valence-electron chi connectivity index (χ0n) is 8.59. The summed E-state index contributed by atoms with van der Waals surface area (Å²) in [7, 11) is 1.55. The molecule has 0 heterocycles. The lowest BCUT2D eigenvalue weighted by atomic mass is 9.96. The maximum atomic E-state index is 13.5. The average molecular weight is 197 g/mol. The van der Waals surface area contributed by atoms with Gasteiger partial charge in [0.2, 0.25) is 0 Å². The molecule has 2 N–H and O–H groups in total. The van der Waals surface area contributed by atoms with Crippen molar-refractivity contribution in [1.29, 1.82) is 0 Å². The normalized spacial score (nSPS) is 12.6. The van der Waals surface area contributed by atoms with Crippen LogP contribution in [0.25, 0.3) is 0 Å². The van der Waals surface area contributed by atoms with Gasteiger partial charge in [-0.15, -0.1) is 0 Å². The van der Waals surface area contributed by atoms with E-state index < -0.39 is 0 Å². The van der Waals surface area contributed by atoms with E-state index in [2.05, 4.69) is 0 Å². The van der Waals surface area contributed by atoms with Crippen molar-refractivity contribution in [1.82, 2.24) is 0 Å². The Labute approximate surface area is 83.9 Å². The number of rotatable bonds is 4. The Morgan fingerprint density at radius 3 is 2.79 bits per heavy atom. The van der Waals surface area contributed by atoms with E-state index in [4.69, 9.17) is 10.5 Å². The van der Waals surface area contributed by atoms with Gasteiger partial charge in [-0.1, -0.05) is 13.0 Å². The second-order valence-electron chi connectivity index (χ2n) is 3.33. The Bertz CT molecular complexity index is 301. The molecule has 3 heteroatoms. The van der Waals surface area contributed by atoms with Gasteiger partial charge in [0, 0.05) is 5.56 Å². The van der Waals surface area contributed by atoms with Gasteiger partial charge in [-0.25, -0.2) is 4.39 Å². The predicted octanol–water partition coefficient (Wildman–Crippen LogP) is 2.29. The zero-order valence-corrected chi connectivity index (χ0v) is 8.59. The van der Waals surface area contributed by atoms with Crippen LogP contribution in [0.15, 0.2) is 18.2 Å². The molecule has 0 aliphatic carbocycles. The lowest BCUT2D eigenvalue weighted by Crippen LogP contribution is -2.07. The number of halogens is 1. The molecule has 0 amide bonds. The first-order valence-corrected chi connectivity index (χ1v) is 4.73. The molecule has 1 rings (SSSR count). The van der Waals surface area contributed by atoms with E-state index in [0.29, 0.717) is 17.9 Å². The van der Waals surface area contributed by atoms with Crippen LogP contribution in [-0.2, 0) is 0 Å². The minimum atomic E-state index is -0.217. The fraction of sp³-hybridized carbons (Fsp3) is 0.455. The number of hydrogen-bond acceptors (Lipinski definition) is 2. The number of nitrogens with two attached hydrogens (primary N) is 1. The van der Waals surface area contributed by atoms with Crippen molar-refractivity contribution in [3.05, 3.63) is 29.6 Å². The molecule has 0 bridgehead atoms. The lowest BCUT2D eigenvalue weighted by Gasteiger charge is -2.15. The third kappa shape index (κ3) is 2.23.